The average Bonchev–Trinajstić information content (AvgIpc) is 2.86. The van der Waals surface area contributed by atoms with Crippen LogP contribution in [0.4, 0.5) is 0 Å². The molecular weight excluding hydrogens is 230 g/mol. The summed E-state index contributed by atoms with van der Waals surface area (Å²) < 4.78 is 10.4. The Labute approximate surface area is 106 Å². The minimum Gasteiger partial charge on any atom is -0.485 e. The fourth-order valence-electron chi connectivity index (χ4n) is 1.62. The Morgan fingerprint density at radius 3 is 2.67 bits per heavy atom. The van der Waals surface area contributed by atoms with Gasteiger partial charge in [-0.1, -0.05) is 30.6 Å². The number of hydrogen-bond donors (Lipinski definition) is 1. The number of ether oxygens (including phenoxy) is 1. The molecule has 5 heteroatoms. The van der Waals surface area contributed by atoms with E-state index in [0.29, 0.717) is 11.7 Å². The maximum absolute atomic E-state index is 5.56. The van der Waals surface area contributed by atoms with Gasteiger partial charge in [-0.2, -0.15) is 4.98 Å². The molecule has 0 unspecified atom stereocenters. The number of nitrogens with two attached hydrogens (primary N) is 1. The van der Waals surface area contributed by atoms with Crippen molar-refractivity contribution < 1.29 is 9.26 Å². The molecule has 0 saturated carbocycles. The number of rotatable bonds is 6. The highest BCUT2D eigenvalue weighted by Gasteiger charge is 2.05. The molecule has 0 fully saturated rings. The van der Waals surface area contributed by atoms with Crippen LogP contribution < -0.4 is 10.5 Å². The van der Waals surface area contributed by atoms with Crippen LogP contribution in [0.1, 0.15) is 30.6 Å². The summed E-state index contributed by atoms with van der Waals surface area (Å²) >= 11 is 0. The third kappa shape index (κ3) is 3.30. The maximum Gasteiger partial charge on any atom is 0.240 e. The van der Waals surface area contributed by atoms with Gasteiger partial charge in [0.25, 0.3) is 0 Å². The molecule has 0 aliphatic rings. The van der Waals surface area contributed by atoms with E-state index in [-0.39, 0.29) is 13.2 Å². The molecule has 0 spiro atoms. The van der Waals surface area contributed by atoms with Crippen LogP contribution in [-0.4, -0.2) is 10.1 Å². The summed E-state index contributed by atoms with van der Waals surface area (Å²) in [6.07, 6.45) is 2.23. The van der Waals surface area contributed by atoms with Crippen LogP contribution in [0.25, 0.3) is 0 Å². The summed E-state index contributed by atoms with van der Waals surface area (Å²) in [5, 5.41) is 3.76. The second kappa shape index (κ2) is 6.16. The third-order valence-corrected chi connectivity index (χ3v) is 2.51. The van der Waals surface area contributed by atoms with E-state index in [1.54, 1.807) is 0 Å². The van der Waals surface area contributed by atoms with E-state index in [9.17, 15) is 0 Å². The standard InChI is InChI=1S/C13H17N3O2/c1-2-3-10-4-6-11(7-5-10)17-9-12-15-13(8-14)18-16-12/h4-7H,2-3,8-9,14H2,1H3. The number of aryl methyl sites for hydroxylation is 1. The van der Waals surface area contributed by atoms with Gasteiger partial charge in [-0.05, 0) is 24.1 Å². The van der Waals surface area contributed by atoms with Crippen LogP contribution in [0.15, 0.2) is 28.8 Å². The highest BCUT2D eigenvalue weighted by Crippen LogP contribution is 2.14. The lowest BCUT2D eigenvalue weighted by atomic mass is 10.1. The first-order chi connectivity index (χ1) is 8.81. The van der Waals surface area contributed by atoms with Gasteiger partial charge in [-0.15, -0.1) is 0 Å². The van der Waals surface area contributed by atoms with E-state index in [0.717, 1.165) is 18.6 Å². The zero-order valence-corrected chi connectivity index (χ0v) is 10.4. The van der Waals surface area contributed by atoms with Gasteiger partial charge in [-0.3, -0.25) is 0 Å². The van der Waals surface area contributed by atoms with Crippen molar-refractivity contribution in [3.8, 4) is 5.75 Å². The summed E-state index contributed by atoms with van der Waals surface area (Å²) in [5.74, 6) is 1.73. The molecule has 0 amide bonds. The topological polar surface area (TPSA) is 74.2 Å². The molecule has 0 bridgehead atoms. The zero-order valence-electron chi connectivity index (χ0n) is 10.4. The minimum absolute atomic E-state index is 0.249. The Morgan fingerprint density at radius 1 is 1.28 bits per heavy atom. The molecule has 1 aromatic heterocycles. The molecule has 0 atom stereocenters. The molecule has 2 aromatic rings. The van der Waals surface area contributed by atoms with Crippen LogP contribution in [0.2, 0.25) is 0 Å². The van der Waals surface area contributed by atoms with E-state index in [1.165, 1.54) is 5.56 Å². The van der Waals surface area contributed by atoms with Crippen LogP contribution in [-0.2, 0) is 19.6 Å². The van der Waals surface area contributed by atoms with Gasteiger partial charge in [0.05, 0.1) is 6.54 Å². The normalized spacial score (nSPS) is 10.6. The van der Waals surface area contributed by atoms with Crippen LogP contribution in [0.3, 0.4) is 0 Å². The molecule has 0 aliphatic carbocycles. The van der Waals surface area contributed by atoms with E-state index < -0.39 is 0 Å². The highest BCUT2D eigenvalue weighted by molar-refractivity contribution is 5.27. The fourth-order valence-corrected chi connectivity index (χ4v) is 1.62. The molecule has 1 heterocycles. The lowest BCUT2D eigenvalue weighted by Crippen LogP contribution is -1.99. The first-order valence-electron chi connectivity index (χ1n) is 6.05. The Balaban J connectivity index is 1.89. The molecular formula is C13H17N3O2. The molecule has 0 radical (unpaired) electrons. The van der Waals surface area contributed by atoms with Gasteiger partial charge in [0.15, 0.2) is 6.61 Å². The number of aromatic nitrogens is 2. The summed E-state index contributed by atoms with van der Waals surface area (Å²) in [6.45, 7) is 2.70. The second-order valence-electron chi connectivity index (χ2n) is 3.99. The largest absolute Gasteiger partial charge is 0.485 e. The Bertz CT molecular complexity index is 479. The van der Waals surface area contributed by atoms with Crippen LogP contribution >= 0.6 is 0 Å². The fraction of sp³-hybridized carbons (Fsp3) is 0.385. The van der Waals surface area contributed by atoms with Crippen LogP contribution in [0.5, 0.6) is 5.75 Å². The lowest BCUT2D eigenvalue weighted by molar-refractivity contribution is 0.285. The van der Waals surface area contributed by atoms with Crippen molar-refractivity contribution in [3.63, 3.8) is 0 Å². The van der Waals surface area contributed by atoms with Gasteiger partial charge >= 0.3 is 0 Å². The quantitative estimate of drug-likeness (QED) is 0.845. The zero-order chi connectivity index (χ0) is 12.8. The van der Waals surface area contributed by atoms with E-state index in [4.69, 9.17) is 15.0 Å². The van der Waals surface area contributed by atoms with Gasteiger partial charge in [-0.25, -0.2) is 0 Å². The third-order valence-electron chi connectivity index (χ3n) is 2.51. The molecule has 18 heavy (non-hydrogen) atoms. The Kier molecular flexibility index (Phi) is 4.30. The van der Waals surface area contributed by atoms with Crippen molar-refractivity contribution in [2.45, 2.75) is 32.9 Å². The van der Waals surface area contributed by atoms with Crippen LogP contribution in [0, 0.1) is 0 Å². The predicted octanol–water partition coefficient (Wildman–Crippen LogP) is 2.06. The number of nitrogens with zero attached hydrogens (tertiary/aromatic N) is 2. The summed E-state index contributed by atoms with van der Waals surface area (Å²) in [7, 11) is 0. The van der Waals surface area contributed by atoms with Crippen molar-refractivity contribution in [1.29, 1.82) is 0 Å². The molecule has 1 aromatic carbocycles. The summed E-state index contributed by atoms with van der Waals surface area (Å²) in [4.78, 5) is 4.06. The first kappa shape index (κ1) is 12.6. The molecule has 0 aliphatic heterocycles. The predicted molar refractivity (Wildman–Crippen MR) is 67.0 cm³/mol. The van der Waals surface area contributed by atoms with E-state index in [2.05, 4.69) is 29.2 Å². The number of benzene rings is 1. The molecule has 2 N–H and O–H groups in total. The van der Waals surface area contributed by atoms with Gasteiger partial charge in [0, 0.05) is 0 Å². The highest BCUT2D eigenvalue weighted by atomic mass is 16.5. The van der Waals surface area contributed by atoms with E-state index in [1.807, 2.05) is 12.1 Å². The van der Waals surface area contributed by atoms with Gasteiger partial charge < -0.3 is 15.0 Å². The van der Waals surface area contributed by atoms with Crippen molar-refractivity contribution in [2.24, 2.45) is 5.73 Å². The monoisotopic (exact) mass is 247 g/mol. The smallest absolute Gasteiger partial charge is 0.240 e. The number of hydrogen-bond acceptors (Lipinski definition) is 5. The van der Waals surface area contributed by atoms with E-state index >= 15 is 0 Å². The molecule has 5 nitrogen and oxygen atoms in total. The average molecular weight is 247 g/mol. The lowest BCUT2D eigenvalue weighted by Gasteiger charge is -2.04. The van der Waals surface area contributed by atoms with Crippen molar-refractivity contribution in [3.05, 3.63) is 41.5 Å². The summed E-state index contributed by atoms with van der Waals surface area (Å²) in [6, 6.07) is 8.05. The Morgan fingerprint density at radius 2 is 2.06 bits per heavy atom. The first-order valence-corrected chi connectivity index (χ1v) is 6.05. The molecule has 0 saturated heterocycles. The summed E-state index contributed by atoms with van der Waals surface area (Å²) in [5.41, 5.74) is 6.69. The van der Waals surface area contributed by atoms with Crippen molar-refractivity contribution >= 4 is 0 Å². The SMILES string of the molecule is CCCc1ccc(OCc2noc(CN)n2)cc1. The minimum atomic E-state index is 0.249. The van der Waals surface area contributed by atoms with Gasteiger partial charge in [0.2, 0.25) is 11.7 Å². The second-order valence-corrected chi connectivity index (χ2v) is 3.99. The van der Waals surface area contributed by atoms with Crippen molar-refractivity contribution in [1.82, 2.24) is 10.1 Å². The van der Waals surface area contributed by atoms with Gasteiger partial charge in [0.1, 0.15) is 5.75 Å². The van der Waals surface area contributed by atoms with Crippen molar-refractivity contribution in [2.75, 3.05) is 0 Å². The maximum atomic E-state index is 5.56. The molecule has 96 valence electrons. The Hall–Kier alpha value is -1.88. The molecule has 2 rings (SSSR count).